The molecule has 326 valence electrons. The molecule has 0 radical (unpaired) electrons. The molecule has 0 aliphatic carbocycles. The van der Waals surface area contributed by atoms with Crippen LogP contribution in [0.4, 0.5) is 0 Å². The molecule has 0 aromatic rings. The summed E-state index contributed by atoms with van der Waals surface area (Å²) in [6.45, 7) is 6.49. The van der Waals surface area contributed by atoms with Crippen molar-refractivity contribution in [2.75, 3.05) is 13.2 Å². The Labute approximate surface area is 346 Å². The summed E-state index contributed by atoms with van der Waals surface area (Å²) in [6.07, 6.45) is 51.3. The first-order valence-corrected chi connectivity index (χ1v) is 24.0. The number of hydrogen-bond donors (Lipinski definition) is 0. The molecule has 0 bridgehead atoms. The summed E-state index contributed by atoms with van der Waals surface area (Å²) in [7, 11) is 0. The third-order valence-electron chi connectivity index (χ3n) is 10.4. The van der Waals surface area contributed by atoms with E-state index in [9.17, 15) is 14.4 Å². The van der Waals surface area contributed by atoms with E-state index in [4.69, 9.17) is 14.2 Å². The van der Waals surface area contributed by atoms with Crippen molar-refractivity contribution in [2.45, 2.75) is 252 Å². The van der Waals surface area contributed by atoms with E-state index < -0.39 is 6.10 Å². The molecule has 1 atom stereocenters. The number of esters is 3. The van der Waals surface area contributed by atoms with Gasteiger partial charge < -0.3 is 14.2 Å². The average molecular weight is 787 g/mol. The highest BCUT2D eigenvalue weighted by molar-refractivity contribution is 5.71. The van der Waals surface area contributed by atoms with Crippen molar-refractivity contribution < 1.29 is 28.6 Å². The van der Waals surface area contributed by atoms with Gasteiger partial charge >= 0.3 is 17.9 Å². The van der Waals surface area contributed by atoms with Crippen molar-refractivity contribution in [3.8, 4) is 0 Å². The molecule has 0 aliphatic rings. The highest BCUT2D eigenvalue weighted by Crippen LogP contribution is 2.14. The summed E-state index contributed by atoms with van der Waals surface area (Å²) in [5, 5.41) is 0. The third kappa shape index (κ3) is 42.8. The fraction of sp³-hybridized carbons (Fsp3) is 0.820. The fourth-order valence-corrected chi connectivity index (χ4v) is 6.77. The van der Waals surface area contributed by atoms with E-state index in [0.29, 0.717) is 19.3 Å². The molecule has 0 saturated carbocycles. The highest BCUT2D eigenvalue weighted by atomic mass is 16.6. The van der Waals surface area contributed by atoms with Crippen LogP contribution in [0.25, 0.3) is 0 Å². The molecule has 0 spiro atoms. The molecule has 6 heteroatoms. The number of carbonyl (C=O) groups is 3. The van der Waals surface area contributed by atoms with Crippen LogP contribution in [0.2, 0.25) is 0 Å². The van der Waals surface area contributed by atoms with Gasteiger partial charge in [0.1, 0.15) is 13.2 Å². The third-order valence-corrected chi connectivity index (χ3v) is 10.4. The van der Waals surface area contributed by atoms with Gasteiger partial charge in [-0.15, -0.1) is 0 Å². The summed E-state index contributed by atoms with van der Waals surface area (Å²) in [5.74, 6) is -0.895. The Balaban J connectivity index is 4.32. The van der Waals surface area contributed by atoms with Crippen LogP contribution in [0.5, 0.6) is 0 Å². The standard InChI is InChI=1S/C50H90O6/c1-4-7-10-13-16-19-21-23-24-25-26-27-29-31-34-37-40-43-49(52)55-46-47(45-54-48(51)42-39-36-33-30-18-15-12-9-6-3)56-50(53)44-41-38-35-32-28-22-20-17-14-11-8-5-2/h8,11,17,20,23-24,47H,4-7,9-10,12-16,18-19,21-22,25-46H2,1-3H3/b11-8-,20-17-,24-23-. The Kier molecular flexibility index (Phi) is 43.4. The van der Waals surface area contributed by atoms with Crippen LogP contribution in [0.1, 0.15) is 245 Å². The van der Waals surface area contributed by atoms with Crippen LogP contribution in [-0.2, 0) is 28.6 Å². The van der Waals surface area contributed by atoms with Gasteiger partial charge in [-0.2, -0.15) is 0 Å². The minimum Gasteiger partial charge on any atom is -0.462 e. The molecular weight excluding hydrogens is 697 g/mol. The van der Waals surface area contributed by atoms with Crippen LogP contribution in [-0.4, -0.2) is 37.2 Å². The summed E-state index contributed by atoms with van der Waals surface area (Å²) in [4.78, 5) is 37.7. The SMILES string of the molecule is CC/C=C\C/C=C\CCCCCCCC(=O)OC(COC(=O)CCCCCCCCC/C=C\CCCCCCCC)COC(=O)CCCCCCCCCCC. The lowest BCUT2D eigenvalue weighted by molar-refractivity contribution is -0.167. The molecule has 0 amide bonds. The van der Waals surface area contributed by atoms with Crippen LogP contribution in [0, 0.1) is 0 Å². The van der Waals surface area contributed by atoms with Crippen LogP contribution in [0.3, 0.4) is 0 Å². The molecule has 0 saturated heterocycles. The van der Waals surface area contributed by atoms with Gasteiger partial charge in [0.2, 0.25) is 0 Å². The van der Waals surface area contributed by atoms with Crippen molar-refractivity contribution >= 4 is 17.9 Å². The van der Waals surface area contributed by atoms with E-state index in [2.05, 4.69) is 57.2 Å². The Bertz CT molecular complexity index is 953. The molecule has 6 nitrogen and oxygen atoms in total. The quantitative estimate of drug-likeness (QED) is 0.0265. The zero-order chi connectivity index (χ0) is 40.8. The van der Waals surface area contributed by atoms with Crippen molar-refractivity contribution in [2.24, 2.45) is 0 Å². The lowest BCUT2D eigenvalue weighted by Crippen LogP contribution is -2.30. The Morgan fingerprint density at radius 3 is 1.09 bits per heavy atom. The molecule has 0 heterocycles. The maximum absolute atomic E-state index is 12.7. The fourth-order valence-electron chi connectivity index (χ4n) is 6.77. The van der Waals surface area contributed by atoms with E-state index >= 15 is 0 Å². The molecular formula is C50H90O6. The normalized spacial score (nSPS) is 12.3. The molecule has 56 heavy (non-hydrogen) atoms. The minimum atomic E-state index is -0.775. The summed E-state index contributed by atoms with van der Waals surface area (Å²) < 4.78 is 16.7. The second-order valence-corrected chi connectivity index (χ2v) is 16.0. The van der Waals surface area contributed by atoms with Crippen LogP contribution < -0.4 is 0 Å². The molecule has 0 rings (SSSR count). The number of unbranched alkanes of at least 4 members (excludes halogenated alkanes) is 26. The molecule has 0 aliphatic heterocycles. The zero-order valence-electron chi connectivity index (χ0n) is 37.2. The Hall–Kier alpha value is -2.37. The largest absolute Gasteiger partial charge is 0.462 e. The number of hydrogen-bond acceptors (Lipinski definition) is 6. The summed E-state index contributed by atoms with van der Waals surface area (Å²) in [6, 6.07) is 0. The van der Waals surface area contributed by atoms with E-state index in [1.54, 1.807) is 0 Å². The van der Waals surface area contributed by atoms with Gasteiger partial charge in [-0.3, -0.25) is 14.4 Å². The van der Waals surface area contributed by atoms with Gasteiger partial charge in [-0.25, -0.2) is 0 Å². The Morgan fingerprint density at radius 2 is 0.696 bits per heavy atom. The van der Waals surface area contributed by atoms with E-state index in [0.717, 1.165) is 89.9 Å². The van der Waals surface area contributed by atoms with Crippen molar-refractivity contribution in [3.63, 3.8) is 0 Å². The maximum Gasteiger partial charge on any atom is 0.306 e. The molecule has 0 aromatic carbocycles. The maximum atomic E-state index is 12.7. The average Bonchev–Trinajstić information content (AvgIpc) is 3.19. The second kappa shape index (κ2) is 45.3. The zero-order valence-corrected chi connectivity index (χ0v) is 37.2. The number of allylic oxidation sites excluding steroid dienone is 6. The smallest absolute Gasteiger partial charge is 0.306 e. The predicted molar refractivity (Wildman–Crippen MR) is 238 cm³/mol. The molecule has 1 unspecified atom stereocenters. The second-order valence-electron chi connectivity index (χ2n) is 16.0. The van der Waals surface area contributed by atoms with Gasteiger partial charge in [0.25, 0.3) is 0 Å². The minimum absolute atomic E-state index is 0.0774. The van der Waals surface area contributed by atoms with Crippen LogP contribution in [0.15, 0.2) is 36.5 Å². The summed E-state index contributed by atoms with van der Waals surface area (Å²) >= 11 is 0. The monoisotopic (exact) mass is 787 g/mol. The molecule has 0 aromatic heterocycles. The van der Waals surface area contributed by atoms with Gasteiger partial charge in [0, 0.05) is 19.3 Å². The van der Waals surface area contributed by atoms with Crippen molar-refractivity contribution in [1.82, 2.24) is 0 Å². The van der Waals surface area contributed by atoms with Crippen molar-refractivity contribution in [3.05, 3.63) is 36.5 Å². The van der Waals surface area contributed by atoms with E-state index in [-0.39, 0.29) is 31.1 Å². The number of carbonyl (C=O) groups excluding carboxylic acids is 3. The van der Waals surface area contributed by atoms with E-state index in [1.165, 1.54) is 116 Å². The van der Waals surface area contributed by atoms with Crippen LogP contribution >= 0.6 is 0 Å². The lowest BCUT2D eigenvalue weighted by atomic mass is 10.1. The van der Waals surface area contributed by atoms with Gasteiger partial charge in [0.15, 0.2) is 6.10 Å². The first-order chi connectivity index (χ1) is 27.5. The number of ether oxygens (including phenoxy) is 3. The van der Waals surface area contributed by atoms with Gasteiger partial charge in [0.05, 0.1) is 0 Å². The van der Waals surface area contributed by atoms with Crippen molar-refractivity contribution in [1.29, 1.82) is 0 Å². The first kappa shape index (κ1) is 53.6. The topological polar surface area (TPSA) is 78.9 Å². The Morgan fingerprint density at radius 1 is 0.375 bits per heavy atom. The van der Waals surface area contributed by atoms with E-state index in [1.807, 2.05) is 0 Å². The highest BCUT2D eigenvalue weighted by Gasteiger charge is 2.19. The van der Waals surface area contributed by atoms with Gasteiger partial charge in [-0.05, 0) is 70.6 Å². The lowest BCUT2D eigenvalue weighted by Gasteiger charge is -2.18. The van der Waals surface area contributed by atoms with Gasteiger partial charge in [-0.1, -0.05) is 192 Å². The number of rotatable bonds is 43. The first-order valence-electron chi connectivity index (χ1n) is 24.0. The summed E-state index contributed by atoms with van der Waals surface area (Å²) in [5.41, 5.74) is 0. The predicted octanol–water partition coefficient (Wildman–Crippen LogP) is 15.4. The molecule has 0 fully saturated rings. The molecule has 0 N–H and O–H groups in total.